The van der Waals surface area contributed by atoms with E-state index in [0.717, 1.165) is 11.1 Å². The van der Waals surface area contributed by atoms with Gasteiger partial charge in [-0.3, -0.25) is 0 Å². The highest BCUT2D eigenvalue weighted by atomic mass is 19.4. The van der Waals surface area contributed by atoms with Crippen molar-refractivity contribution in [2.45, 2.75) is 107 Å². The third-order valence-corrected chi connectivity index (χ3v) is 11.8. The summed E-state index contributed by atoms with van der Waals surface area (Å²) >= 11 is 0. The zero-order valence-corrected chi connectivity index (χ0v) is 27.2. The lowest BCUT2D eigenvalue weighted by Gasteiger charge is -2.59. The summed E-state index contributed by atoms with van der Waals surface area (Å²) in [6, 6.07) is 7.15. The molecule has 4 fully saturated rings. The fourth-order valence-electron chi connectivity index (χ4n) is 9.43. The Kier molecular flexibility index (Phi) is 8.71. The van der Waals surface area contributed by atoms with E-state index in [-0.39, 0.29) is 50.4 Å². The first-order valence-electron chi connectivity index (χ1n) is 16.6. The van der Waals surface area contributed by atoms with Crippen LogP contribution in [0.4, 0.5) is 22.0 Å². The number of alkyl halides is 5. The first-order valence-corrected chi connectivity index (χ1v) is 16.6. The van der Waals surface area contributed by atoms with Gasteiger partial charge in [0.05, 0.1) is 32.0 Å². The number of allylic oxidation sites excluding steroid dienone is 1. The van der Waals surface area contributed by atoms with Gasteiger partial charge < -0.3 is 29.5 Å². The molecule has 6 rings (SSSR count). The first-order chi connectivity index (χ1) is 21.9. The largest absolute Gasteiger partial charge is 0.456 e. The predicted molar refractivity (Wildman–Crippen MR) is 162 cm³/mol. The number of fused-ring (bicyclic) bond motifs is 4. The number of rotatable bonds is 5. The van der Waals surface area contributed by atoms with Crippen LogP contribution in [0.15, 0.2) is 35.4 Å². The second-order valence-corrected chi connectivity index (χ2v) is 15.4. The predicted octanol–water partition coefficient (Wildman–Crippen LogP) is 6.27. The van der Waals surface area contributed by atoms with Crippen LogP contribution in [0.5, 0.6) is 0 Å². The molecule has 1 heterocycles. The van der Waals surface area contributed by atoms with Crippen molar-refractivity contribution in [2.75, 3.05) is 33.0 Å². The summed E-state index contributed by atoms with van der Waals surface area (Å²) in [6.45, 7) is 6.64. The Hall–Kier alpha value is -2.07. The summed E-state index contributed by atoms with van der Waals surface area (Å²) in [4.78, 5) is 0. The van der Waals surface area contributed by atoms with Crippen molar-refractivity contribution in [1.82, 2.24) is 0 Å². The number of aliphatic hydroxyl groups is 3. The average Bonchev–Trinajstić information content (AvgIpc) is 3.29. The molecule has 4 aliphatic carbocycles. The van der Waals surface area contributed by atoms with Crippen LogP contribution in [0.2, 0.25) is 0 Å². The van der Waals surface area contributed by atoms with Crippen molar-refractivity contribution >= 4 is 0 Å². The molecule has 47 heavy (non-hydrogen) atoms. The fraction of sp³-hybridized carbons (Fsp3) is 0.722. The highest BCUT2D eigenvalue weighted by molar-refractivity contribution is 5.46. The Morgan fingerprint density at radius 3 is 2.28 bits per heavy atom. The molecule has 6 atom stereocenters. The van der Waals surface area contributed by atoms with Crippen LogP contribution in [-0.2, 0) is 14.2 Å². The fourth-order valence-corrected chi connectivity index (χ4v) is 9.43. The number of benzene rings is 1. The normalized spacial score (nSPS) is 36.3. The summed E-state index contributed by atoms with van der Waals surface area (Å²) in [5.74, 6) is -2.01. The van der Waals surface area contributed by atoms with Crippen LogP contribution in [0, 0.1) is 34.5 Å². The molecule has 1 aliphatic heterocycles. The molecule has 5 aliphatic rings. The smallest absolute Gasteiger partial charge is 0.394 e. The van der Waals surface area contributed by atoms with E-state index < -0.39 is 52.8 Å². The van der Waals surface area contributed by atoms with Crippen LogP contribution in [0.1, 0.15) is 89.2 Å². The maximum absolute atomic E-state index is 15.3. The van der Waals surface area contributed by atoms with Crippen LogP contribution < -0.4 is 0 Å². The highest BCUT2D eigenvalue weighted by Crippen LogP contribution is 2.71. The van der Waals surface area contributed by atoms with Gasteiger partial charge in [-0.05, 0) is 73.6 Å². The minimum atomic E-state index is -5.91. The van der Waals surface area contributed by atoms with E-state index in [1.54, 1.807) is 24.3 Å². The van der Waals surface area contributed by atoms with Crippen LogP contribution in [0.3, 0.4) is 0 Å². The van der Waals surface area contributed by atoms with Crippen LogP contribution in [0.25, 0.3) is 0 Å². The van der Waals surface area contributed by atoms with Gasteiger partial charge in [0.25, 0.3) is 0 Å². The van der Waals surface area contributed by atoms with Gasteiger partial charge in [-0.1, -0.05) is 50.3 Å². The number of hydrogen-bond acceptors (Lipinski definition) is 6. The molecular formula is C36H45F5O6. The third-order valence-electron chi connectivity index (χ3n) is 11.8. The van der Waals surface area contributed by atoms with Crippen molar-refractivity contribution in [3.63, 3.8) is 0 Å². The number of aliphatic hydroxyl groups excluding tert-OH is 1. The van der Waals surface area contributed by atoms with Crippen molar-refractivity contribution in [3.05, 3.63) is 46.5 Å². The summed E-state index contributed by atoms with van der Waals surface area (Å²) in [7, 11) is 0. The van der Waals surface area contributed by atoms with E-state index in [1.807, 2.05) is 13.8 Å². The standard InChI is InChI=1S/C36H45F5O6/c1-30(2)21-46-33(47-22-30)14-11-28-29-25(10-13-32(28,43)20-33)27-12-15-34(44,35(37,38)36(39,40)41)31(27,3)19-26(29)24-8-6-23(7-9-24)5-4-17-45-18-16-42/h6-9,25-27,42-44H,10-22H2,1-3H3/t25?,26-,27?,31?,32?,34?/m1/s1. The SMILES string of the molecule is CC1(C)COC2(CCC3=C4C(CCC3(O)C2)C2CCC(O)(C(F)(F)C(F)(F)F)C2(C)C[C@@H]4c2ccc(C#CCOCCO)cc2)OC1. The molecule has 1 saturated heterocycles. The highest BCUT2D eigenvalue weighted by Gasteiger charge is 2.79. The second kappa shape index (κ2) is 11.8. The zero-order chi connectivity index (χ0) is 34.1. The van der Waals surface area contributed by atoms with Crippen molar-refractivity contribution in [3.8, 4) is 11.8 Å². The Labute approximate surface area is 272 Å². The Morgan fingerprint density at radius 1 is 0.957 bits per heavy atom. The lowest BCUT2D eigenvalue weighted by molar-refractivity contribution is -0.362. The van der Waals surface area contributed by atoms with Crippen molar-refractivity contribution in [2.24, 2.45) is 22.7 Å². The Bertz CT molecular complexity index is 1430. The van der Waals surface area contributed by atoms with Crippen LogP contribution >= 0.6 is 0 Å². The van der Waals surface area contributed by atoms with E-state index in [1.165, 1.54) is 6.92 Å². The van der Waals surface area contributed by atoms with Gasteiger partial charge in [0.15, 0.2) is 5.79 Å². The van der Waals surface area contributed by atoms with Gasteiger partial charge in [-0.2, -0.15) is 22.0 Å². The molecule has 11 heteroatoms. The molecule has 0 radical (unpaired) electrons. The van der Waals surface area contributed by atoms with E-state index >= 15 is 8.78 Å². The molecule has 3 N–H and O–H groups in total. The zero-order valence-electron chi connectivity index (χ0n) is 27.2. The van der Waals surface area contributed by atoms with Gasteiger partial charge in [0.1, 0.15) is 12.2 Å². The maximum Gasteiger partial charge on any atom is 0.456 e. The minimum absolute atomic E-state index is 0.0311. The first kappa shape index (κ1) is 34.8. The molecule has 3 saturated carbocycles. The van der Waals surface area contributed by atoms with Crippen molar-refractivity contribution in [1.29, 1.82) is 0 Å². The molecule has 6 nitrogen and oxygen atoms in total. The number of hydrogen-bond donors (Lipinski definition) is 3. The molecule has 0 aromatic heterocycles. The maximum atomic E-state index is 15.3. The molecule has 260 valence electrons. The minimum Gasteiger partial charge on any atom is -0.394 e. The van der Waals surface area contributed by atoms with E-state index in [2.05, 4.69) is 11.8 Å². The molecular weight excluding hydrogens is 623 g/mol. The number of ether oxygens (including phenoxy) is 3. The van der Waals surface area contributed by atoms with Gasteiger partial charge in [0, 0.05) is 35.2 Å². The summed E-state index contributed by atoms with van der Waals surface area (Å²) in [5, 5.41) is 32.7. The van der Waals surface area contributed by atoms with Gasteiger partial charge >= 0.3 is 12.1 Å². The van der Waals surface area contributed by atoms with Gasteiger partial charge in [-0.15, -0.1) is 0 Å². The Balaban J connectivity index is 1.41. The summed E-state index contributed by atoms with van der Waals surface area (Å²) < 4.78 is 90.1. The molecule has 0 bridgehead atoms. The second-order valence-electron chi connectivity index (χ2n) is 15.4. The Morgan fingerprint density at radius 2 is 1.64 bits per heavy atom. The van der Waals surface area contributed by atoms with Gasteiger partial charge in [-0.25, -0.2) is 0 Å². The van der Waals surface area contributed by atoms with E-state index in [9.17, 15) is 23.4 Å². The topological polar surface area (TPSA) is 88.4 Å². The molecule has 1 aromatic carbocycles. The molecule has 1 spiro atoms. The van der Waals surface area contributed by atoms with Crippen molar-refractivity contribution < 1.29 is 51.5 Å². The van der Waals surface area contributed by atoms with E-state index in [0.29, 0.717) is 50.0 Å². The lowest BCUT2D eigenvalue weighted by Crippen LogP contribution is -2.65. The molecule has 0 amide bonds. The monoisotopic (exact) mass is 668 g/mol. The van der Waals surface area contributed by atoms with Gasteiger partial charge in [0.2, 0.25) is 0 Å². The lowest BCUT2D eigenvalue weighted by atomic mass is 9.49. The number of halogens is 5. The third kappa shape index (κ3) is 5.65. The summed E-state index contributed by atoms with van der Waals surface area (Å²) in [5.41, 5.74) is -3.38. The quantitative estimate of drug-likeness (QED) is 0.149. The van der Waals surface area contributed by atoms with E-state index in [4.69, 9.17) is 19.3 Å². The average molecular weight is 669 g/mol. The van der Waals surface area contributed by atoms with Crippen LogP contribution in [-0.4, -0.2) is 77.4 Å². The molecule has 5 unspecified atom stereocenters. The molecule has 1 aromatic rings. The summed E-state index contributed by atoms with van der Waals surface area (Å²) in [6.07, 6.45) is -4.82.